The lowest BCUT2D eigenvalue weighted by Crippen LogP contribution is -2.08. The summed E-state index contributed by atoms with van der Waals surface area (Å²) in [7, 11) is 0. The van der Waals surface area contributed by atoms with E-state index in [0.717, 1.165) is 5.56 Å². The van der Waals surface area contributed by atoms with Crippen LogP contribution in [-0.2, 0) is 6.54 Å². The molecule has 0 aromatic carbocycles. The minimum absolute atomic E-state index is 0.125. The van der Waals surface area contributed by atoms with E-state index in [0.29, 0.717) is 12.4 Å². The van der Waals surface area contributed by atoms with Crippen LogP contribution in [0.15, 0.2) is 30.9 Å². The average Bonchev–Trinajstić information content (AvgIpc) is 2.68. The van der Waals surface area contributed by atoms with Gasteiger partial charge in [0.25, 0.3) is 0 Å². The van der Waals surface area contributed by atoms with Gasteiger partial charge in [-0.25, -0.2) is 9.67 Å². The zero-order chi connectivity index (χ0) is 10.7. The van der Waals surface area contributed by atoms with Gasteiger partial charge in [0.2, 0.25) is 0 Å². The molecule has 2 aromatic heterocycles. The molecule has 0 aliphatic heterocycles. The third-order valence-corrected chi connectivity index (χ3v) is 2.03. The van der Waals surface area contributed by atoms with Gasteiger partial charge in [-0.2, -0.15) is 5.10 Å². The summed E-state index contributed by atoms with van der Waals surface area (Å²) in [6.45, 7) is 2.54. The molecule has 0 aliphatic carbocycles. The molecule has 2 heterocycles. The lowest BCUT2D eigenvalue weighted by Gasteiger charge is -2.00. The van der Waals surface area contributed by atoms with Gasteiger partial charge in [0, 0.05) is 12.4 Å². The first-order chi connectivity index (χ1) is 7.25. The van der Waals surface area contributed by atoms with Crippen LogP contribution in [0.2, 0.25) is 0 Å². The van der Waals surface area contributed by atoms with E-state index in [4.69, 9.17) is 5.73 Å². The zero-order valence-electron chi connectivity index (χ0n) is 8.54. The Hall–Kier alpha value is -1.75. The predicted octanol–water partition coefficient (Wildman–Crippen LogP) is 0.741. The fourth-order valence-electron chi connectivity index (χ4n) is 1.27. The van der Waals surface area contributed by atoms with Crippen molar-refractivity contribution < 1.29 is 0 Å². The quantitative estimate of drug-likeness (QED) is 0.798. The van der Waals surface area contributed by atoms with Crippen molar-refractivity contribution >= 4 is 0 Å². The number of nitrogens with zero attached hydrogens (tertiary/aromatic N) is 4. The molecule has 0 bridgehead atoms. The van der Waals surface area contributed by atoms with Crippen molar-refractivity contribution in [3.8, 4) is 0 Å². The zero-order valence-corrected chi connectivity index (χ0v) is 8.54. The Morgan fingerprint density at radius 1 is 1.53 bits per heavy atom. The highest BCUT2D eigenvalue weighted by atomic mass is 15.3. The number of pyridine rings is 1. The van der Waals surface area contributed by atoms with Crippen LogP contribution in [0.3, 0.4) is 0 Å². The minimum atomic E-state index is -0.125. The maximum Gasteiger partial charge on any atom is 0.166 e. The Kier molecular flexibility index (Phi) is 2.73. The standard InChI is InChI=1S/C10H13N5/c1-8(11)10-13-7-15(14-10)6-9-3-2-4-12-5-9/h2-5,7-8H,6,11H2,1H3. The first kappa shape index (κ1) is 9.79. The Labute approximate surface area is 88.0 Å². The van der Waals surface area contributed by atoms with Crippen LogP contribution in [0.5, 0.6) is 0 Å². The molecule has 0 amide bonds. The molecular formula is C10H13N5. The summed E-state index contributed by atoms with van der Waals surface area (Å²) in [4.78, 5) is 8.15. The van der Waals surface area contributed by atoms with Crippen molar-refractivity contribution in [2.24, 2.45) is 5.73 Å². The molecule has 0 aliphatic rings. The predicted molar refractivity (Wildman–Crippen MR) is 56.0 cm³/mol. The normalized spacial score (nSPS) is 12.7. The summed E-state index contributed by atoms with van der Waals surface area (Å²) in [6, 6.07) is 3.78. The van der Waals surface area contributed by atoms with E-state index in [1.807, 2.05) is 25.3 Å². The van der Waals surface area contributed by atoms with Crippen molar-refractivity contribution in [2.45, 2.75) is 19.5 Å². The third kappa shape index (κ3) is 2.38. The second-order valence-electron chi connectivity index (χ2n) is 3.45. The first-order valence-electron chi connectivity index (χ1n) is 4.79. The van der Waals surface area contributed by atoms with Crippen molar-refractivity contribution in [1.82, 2.24) is 19.7 Å². The van der Waals surface area contributed by atoms with Crippen LogP contribution in [0.25, 0.3) is 0 Å². The highest BCUT2D eigenvalue weighted by Gasteiger charge is 2.05. The van der Waals surface area contributed by atoms with Crippen molar-refractivity contribution in [3.05, 3.63) is 42.2 Å². The van der Waals surface area contributed by atoms with Gasteiger partial charge in [-0.15, -0.1) is 0 Å². The molecule has 1 atom stereocenters. The summed E-state index contributed by atoms with van der Waals surface area (Å²) < 4.78 is 1.76. The second kappa shape index (κ2) is 4.18. The van der Waals surface area contributed by atoms with Gasteiger partial charge >= 0.3 is 0 Å². The molecule has 2 rings (SSSR count). The topological polar surface area (TPSA) is 69.6 Å². The Bertz CT molecular complexity index is 420. The Morgan fingerprint density at radius 3 is 3.00 bits per heavy atom. The molecular weight excluding hydrogens is 190 g/mol. The van der Waals surface area contributed by atoms with Crippen LogP contribution in [-0.4, -0.2) is 19.7 Å². The molecule has 78 valence electrons. The third-order valence-electron chi connectivity index (χ3n) is 2.03. The fourth-order valence-corrected chi connectivity index (χ4v) is 1.27. The maximum atomic E-state index is 5.67. The Morgan fingerprint density at radius 2 is 2.40 bits per heavy atom. The Balaban J connectivity index is 2.12. The van der Waals surface area contributed by atoms with Crippen molar-refractivity contribution in [2.75, 3.05) is 0 Å². The highest BCUT2D eigenvalue weighted by Crippen LogP contribution is 2.03. The van der Waals surface area contributed by atoms with E-state index in [1.165, 1.54) is 0 Å². The summed E-state index contributed by atoms with van der Waals surface area (Å²) in [5.74, 6) is 0.666. The summed E-state index contributed by atoms with van der Waals surface area (Å²) in [5, 5.41) is 4.26. The summed E-state index contributed by atoms with van der Waals surface area (Å²) in [6.07, 6.45) is 5.25. The monoisotopic (exact) mass is 203 g/mol. The number of rotatable bonds is 3. The van der Waals surface area contributed by atoms with E-state index in [2.05, 4.69) is 15.1 Å². The van der Waals surface area contributed by atoms with E-state index < -0.39 is 0 Å². The molecule has 1 unspecified atom stereocenters. The molecule has 0 spiro atoms. The maximum absolute atomic E-state index is 5.67. The molecule has 5 nitrogen and oxygen atoms in total. The van der Waals surface area contributed by atoms with Crippen molar-refractivity contribution in [1.29, 1.82) is 0 Å². The molecule has 0 saturated carbocycles. The molecule has 2 N–H and O–H groups in total. The van der Waals surface area contributed by atoms with Crippen LogP contribution in [0.4, 0.5) is 0 Å². The lowest BCUT2D eigenvalue weighted by atomic mass is 10.3. The van der Waals surface area contributed by atoms with Crippen LogP contribution in [0, 0.1) is 0 Å². The van der Waals surface area contributed by atoms with Crippen LogP contribution >= 0.6 is 0 Å². The minimum Gasteiger partial charge on any atom is -0.321 e. The van der Waals surface area contributed by atoms with E-state index in [1.54, 1.807) is 17.2 Å². The van der Waals surface area contributed by atoms with Crippen LogP contribution in [0.1, 0.15) is 24.4 Å². The fraction of sp³-hybridized carbons (Fsp3) is 0.300. The molecule has 15 heavy (non-hydrogen) atoms. The number of aromatic nitrogens is 4. The number of nitrogens with two attached hydrogens (primary N) is 1. The summed E-state index contributed by atoms with van der Waals surface area (Å²) >= 11 is 0. The lowest BCUT2D eigenvalue weighted by molar-refractivity contribution is 0.648. The average molecular weight is 203 g/mol. The first-order valence-corrected chi connectivity index (χ1v) is 4.79. The van der Waals surface area contributed by atoms with Crippen molar-refractivity contribution in [3.63, 3.8) is 0 Å². The van der Waals surface area contributed by atoms with Gasteiger partial charge in [0.1, 0.15) is 6.33 Å². The largest absolute Gasteiger partial charge is 0.321 e. The van der Waals surface area contributed by atoms with Gasteiger partial charge in [0.05, 0.1) is 12.6 Å². The van der Waals surface area contributed by atoms with Gasteiger partial charge in [-0.3, -0.25) is 4.98 Å². The van der Waals surface area contributed by atoms with Gasteiger partial charge < -0.3 is 5.73 Å². The van der Waals surface area contributed by atoms with Gasteiger partial charge in [0.15, 0.2) is 5.82 Å². The molecule has 2 aromatic rings. The smallest absolute Gasteiger partial charge is 0.166 e. The molecule has 0 radical (unpaired) electrons. The molecule has 0 fully saturated rings. The molecule has 5 heteroatoms. The van der Waals surface area contributed by atoms with Gasteiger partial charge in [-0.1, -0.05) is 6.07 Å². The number of hydrogen-bond acceptors (Lipinski definition) is 4. The SMILES string of the molecule is CC(N)c1ncn(Cc2cccnc2)n1. The molecule has 0 saturated heterocycles. The summed E-state index contributed by atoms with van der Waals surface area (Å²) in [5.41, 5.74) is 6.77. The van der Waals surface area contributed by atoms with Crippen LogP contribution < -0.4 is 5.73 Å². The number of hydrogen-bond donors (Lipinski definition) is 1. The van der Waals surface area contributed by atoms with E-state index in [9.17, 15) is 0 Å². The van der Waals surface area contributed by atoms with Gasteiger partial charge in [-0.05, 0) is 18.6 Å². The van der Waals surface area contributed by atoms with E-state index >= 15 is 0 Å². The van der Waals surface area contributed by atoms with E-state index in [-0.39, 0.29) is 6.04 Å². The highest BCUT2D eigenvalue weighted by molar-refractivity contribution is 5.08. The second-order valence-corrected chi connectivity index (χ2v) is 3.45.